The zero-order valence-corrected chi connectivity index (χ0v) is 10.8. The van der Waals surface area contributed by atoms with Gasteiger partial charge in [0.2, 0.25) is 0 Å². The van der Waals surface area contributed by atoms with E-state index >= 15 is 0 Å². The first-order valence-corrected chi connectivity index (χ1v) is 6.01. The standard InChI is InChI=1S/C14H13BF2O3/c1-9-2-4-12(17)7-14(9)20-8-10-3-5-11(16)6-13(10)15(18)19/h2-7,18-19H,8H2,1H3. The van der Waals surface area contributed by atoms with Crippen LogP contribution in [-0.4, -0.2) is 17.2 Å². The highest BCUT2D eigenvalue weighted by atomic mass is 19.1. The molecule has 0 fully saturated rings. The van der Waals surface area contributed by atoms with Crippen molar-refractivity contribution in [3.63, 3.8) is 0 Å². The average Bonchev–Trinajstić information content (AvgIpc) is 2.40. The molecule has 0 saturated heterocycles. The number of benzene rings is 2. The highest BCUT2D eigenvalue weighted by Gasteiger charge is 2.17. The second kappa shape index (κ2) is 6.03. The Morgan fingerprint density at radius 2 is 1.70 bits per heavy atom. The molecule has 6 heteroatoms. The van der Waals surface area contributed by atoms with Crippen LogP contribution in [0, 0.1) is 18.6 Å². The summed E-state index contributed by atoms with van der Waals surface area (Å²) in [7, 11) is -1.79. The Kier molecular flexibility index (Phi) is 4.37. The van der Waals surface area contributed by atoms with Crippen molar-refractivity contribution >= 4 is 12.6 Å². The predicted molar refractivity (Wildman–Crippen MR) is 71.7 cm³/mol. The van der Waals surface area contributed by atoms with Gasteiger partial charge in [0, 0.05) is 6.07 Å². The Morgan fingerprint density at radius 3 is 2.40 bits per heavy atom. The van der Waals surface area contributed by atoms with E-state index in [1.165, 1.54) is 24.3 Å². The lowest BCUT2D eigenvalue weighted by Crippen LogP contribution is -2.34. The van der Waals surface area contributed by atoms with E-state index in [-0.39, 0.29) is 12.1 Å². The van der Waals surface area contributed by atoms with Gasteiger partial charge in [-0.05, 0) is 41.7 Å². The SMILES string of the molecule is Cc1ccc(F)cc1OCc1ccc(F)cc1B(O)O. The van der Waals surface area contributed by atoms with Crippen LogP contribution in [0.3, 0.4) is 0 Å². The monoisotopic (exact) mass is 278 g/mol. The van der Waals surface area contributed by atoms with Gasteiger partial charge in [0.1, 0.15) is 24.0 Å². The number of rotatable bonds is 4. The van der Waals surface area contributed by atoms with Crippen LogP contribution in [0.4, 0.5) is 8.78 Å². The topological polar surface area (TPSA) is 49.7 Å². The molecule has 20 heavy (non-hydrogen) atoms. The molecule has 0 aliphatic carbocycles. The van der Waals surface area contributed by atoms with Gasteiger partial charge in [0.15, 0.2) is 0 Å². The average molecular weight is 278 g/mol. The number of halogens is 2. The third-order valence-electron chi connectivity index (χ3n) is 2.92. The molecule has 0 aromatic heterocycles. The van der Waals surface area contributed by atoms with Gasteiger partial charge in [-0.2, -0.15) is 0 Å². The lowest BCUT2D eigenvalue weighted by atomic mass is 9.77. The lowest BCUT2D eigenvalue weighted by molar-refractivity contribution is 0.302. The summed E-state index contributed by atoms with van der Waals surface area (Å²) in [6.45, 7) is 1.75. The molecule has 0 saturated carbocycles. The van der Waals surface area contributed by atoms with E-state index in [4.69, 9.17) is 4.74 Å². The van der Waals surface area contributed by atoms with Crippen molar-refractivity contribution in [1.82, 2.24) is 0 Å². The fourth-order valence-corrected chi connectivity index (χ4v) is 1.82. The van der Waals surface area contributed by atoms with Crippen LogP contribution < -0.4 is 10.2 Å². The third kappa shape index (κ3) is 3.34. The highest BCUT2D eigenvalue weighted by molar-refractivity contribution is 6.59. The Morgan fingerprint density at radius 1 is 1.05 bits per heavy atom. The van der Waals surface area contributed by atoms with E-state index in [9.17, 15) is 18.8 Å². The molecular weight excluding hydrogens is 265 g/mol. The van der Waals surface area contributed by atoms with E-state index < -0.39 is 18.8 Å². The van der Waals surface area contributed by atoms with Gasteiger partial charge in [0.05, 0.1) is 0 Å². The molecule has 3 nitrogen and oxygen atoms in total. The van der Waals surface area contributed by atoms with Crippen molar-refractivity contribution in [3.05, 3.63) is 59.2 Å². The minimum Gasteiger partial charge on any atom is -0.489 e. The molecule has 0 heterocycles. The molecule has 0 unspecified atom stereocenters. The lowest BCUT2D eigenvalue weighted by Gasteiger charge is -2.12. The summed E-state index contributed by atoms with van der Waals surface area (Å²) in [6.07, 6.45) is 0. The van der Waals surface area contributed by atoms with E-state index in [1.54, 1.807) is 13.0 Å². The first-order valence-electron chi connectivity index (χ1n) is 6.01. The normalized spacial score (nSPS) is 10.4. The summed E-state index contributed by atoms with van der Waals surface area (Å²) in [4.78, 5) is 0. The number of aryl methyl sites for hydroxylation is 1. The minimum atomic E-state index is -1.79. The van der Waals surface area contributed by atoms with Crippen molar-refractivity contribution in [2.45, 2.75) is 13.5 Å². The van der Waals surface area contributed by atoms with E-state index in [0.29, 0.717) is 11.3 Å². The second-order valence-corrected chi connectivity index (χ2v) is 4.42. The maximum absolute atomic E-state index is 13.1. The van der Waals surface area contributed by atoms with Crippen LogP contribution >= 0.6 is 0 Å². The molecule has 0 aliphatic heterocycles. The molecule has 2 rings (SSSR count). The molecule has 0 spiro atoms. The van der Waals surface area contributed by atoms with E-state index in [0.717, 1.165) is 11.6 Å². The Labute approximate surface area is 115 Å². The molecule has 0 atom stereocenters. The van der Waals surface area contributed by atoms with Crippen molar-refractivity contribution in [2.24, 2.45) is 0 Å². The van der Waals surface area contributed by atoms with Crippen molar-refractivity contribution < 1.29 is 23.6 Å². The van der Waals surface area contributed by atoms with Gasteiger partial charge >= 0.3 is 7.12 Å². The van der Waals surface area contributed by atoms with Crippen LogP contribution in [0.1, 0.15) is 11.1 Å². The fourth-order valence-electron chi connectivity index (χ4n) is 1.82. The van der Waals surface area contributed by atoms with Gasteiger partial charge in [-0.15, -0.1) is 0 Å². The van der Waals surface area contributed by atoms with E-state index in [1.807, 2.05) is 0 Å². The number of hydrogen-bond acceptors (Lipinski definition) is 3. The van der Waals surface area contributed by atoms with Gasteiger partial charge in [-0.3, -0.25) is 0 Å². The van der Waals surface area contributed by atoms with E-state index in [2.05, 4.69) is 0 Å². The van der Waals surface area contributed by atoms with Gasteiger partial charge in [-0.1, -0.05) is 12.1 Å². The second-order valence-electron chi connectivity index (χ2n) is 4.42. The Hall–Kier alpha value is -1.92. The quantitative estimate of drug-likeness (QED) is 0.834. The summed E-state index contributed by atoms with van der Waals surface area (Å²) in [5, 5.41) is 18.4. The van der Waals surface area contributed by atoms with Crippen LogP contribution in [0.15, 0.2) is 36.4 Å². The van der Waals surface area contributed by atoms with Crippen molar-refractivity contribution in [3.8, 4) is 5.75 Å². The summed E-state index contributed by atoms with van der Waals surface area (Å²) in [5.74, 6) is -0.640. The van der Waals surface area contributed by atoms with Crippen LogP contribution in [0.5, 0.6) is 5.75 Å². The minimum absolute atomic E-state index is 0.0163. The van der Waals surface area contributed by atoms with Crippen molar-refractivity contribution in [1.29, 1.82) is 0 Å². The molecule has 2 aromatic rings. The summed E-state index contributed by atoms with van der Waals surface area (Å²) < 4.78 is 31.6. The summed E-state index contributed by atoms with van der Waals surface area (Å²) in [5.41, 5.74) is 1.20. The van der Waals surface area contributed by atoms with Crippen LogP contribution in [0.25, 0.3) is 0 Å². The molecule has 0 bridgehead atoms. The highest BCUT2D eigenvalue weighted by Crippen LogP contribution is 2.20. The largest absolute Gasteiger partial charge is 0.489 e. The molecule has 2 aromatic carbocycles. The molecule has 2 N–H and O–H groups in total. The molecule has 104 valence electrons. The fraction of sp³-hybridized carbons (Fsp3) is 0.143. The maximum atomic E-state index is 13.1. The smallest absolute Gasteiger partial charge is 0.488 e. The summed E-state index contributed by atoms with van der Waals surface area (Å²) >= 11 is 0. The van der Waals surface area contributed by atoms with Crippen molar-refractivity contribution in [2.75, 3.05) is 0 Å². The van der Waals surface area contributed by atoms with Crippen LogP contribution in [-0.2, 0) is 6.61 Å². The predicted octanol–water partition coefficient (Wildman–Crippen LogP) is 1.53. The Bertz CT molecular complexity index is 617. The van der Waals surface area contributed by atoms with Crippen LogP contribution in [0.2, 0.25) is 0 Å². The molecule has 0 radical (unpaired) electrons. The van der Waals surface area contributed by atoms with Gasteiger partial charge in [0.25, 0.3) is 0 Å². The molecule has 0 aliphatic rings. The molecule has 0 amide bonds. The first kappa shape index (κ1) is 14.5. The Balaban J connectivity index is 2.20. The van der Waals surface area contributed by atoms with Gasteiger partial charge < -0.3 is 14.8 Å². The summed E-state index contributed by atoms with van der Waals surface area (Å²) in [6, 6.07) is 7.78. The zero-order valence-electron chi connectivity index (χ0n) is 10.8. The zero-order chi connectivity index (χ0) is 14.7. The third-order valence-corrected chi connectivity index (χ3v) is 2.92. The molecular formula is C14H13BF2O3. The number of hydrogen-bond donors (Lipinski definition) is 2. The number of ether oxygens (including phenoxy) is 1. The maximum Gasteiger partial charge on any atom is 0.488 e. The van der Waals surface area contributed by atoms with Gasteiger partial charge in [-0.25, -0.2) is 8.78 Å². The first-order chi connectivity index (χ1) is 9.47.